The molecule has 0 atom stereocenters. The summed E-state index contributed by atoms with van der Waals surface area (Å²) in [5, 5.41) is 0. The molecule has 1 rings (SSSR count). The summed E-state index contributed by atoms with van der Waals surface area (Å²) in [6, 6.07) is 5.40. The van der Waals surface area contributed by atoms with Crippen molar-refractivity contribution >= 4 is 17.5 Å². The highest BCUT2D eigenvalue weighted by molar-refractivity contribution is 5.64. The average Bonchev–Trinajstić information content (AvgIpc) is 2.18. The third-order valence-electron chi connectivity index (χ3n) is 1.85. The molecule has 0 aliphatic rings. The zero-order valence-corrected chi connectivity index (χ0v) is 8.44. The van der Waals surface area contributed by atoms with Gasteiger partial charge in [-0.1, -0.05) is 0 Å². The fraction of sp³-hybridized carbons (Fsp3) is 0.300. The Hall–Kier alpha value is -1.80. The number of rotatable bonds is 3. The van der Waals surface area contributed by atoms with Gasteiger partial charge in [0.15, 0.2) is 0 Å². The summed E-state index contributed by atoms with van der Waals surface area (Å²) >= 11 is 0. The molecule has 0 saturated carbocycles. The van der Waals surface area contributed by atoms with E-state index in [2.05, 4.69) is 4.99 Å². The van der Waals surface area contributed by atoms with Crippen LogP contribution in [0.5, 0.6) is 5.75 Å². The summed E-state index contributed by atoms with van der Waals surface area (Å²) in [5.74, 6) is 0.569. The summed E-state index contributed by atoms with van der Waals surface area (Å²) in [4.78, 5) is 15.6. The highest BCUT2D eigenvalue weighted by atomic mass is 16.5. The first kappa shape index (κ1) is 10.3. The van der Waals surface area contributed by atoms with Crippen molar-refractivity contribution in [2.75, 3.05) is 26.1 Å². The predicted molar refractivity (Wildman–Crippen MR) is 55.1 cm³/mol. The van der Waals surface area contributed by atoms with Crippen LogP contribution in [0, 0.1) is 0 Å². The lowest BCUT2D eigenvalue weighted by Gasteiger charge is -2.13. The molecule has 0 radical (unpaired) electrons. The molecule has 0 spiro atoms. The highest BCUT2D eigenvalue weighted by Crippen LogP contribution is 2.30. The van der Waals surface area contributed by atoms with Gasteiger partial charge in [0.1, 0.15) is 11.4 Å². The van der Waals surface area contributed by atoms with E-state index in [0.717, 1.165) is 5.69 Å². The third kappa shape index (κ3) is 2.12. The number of isocyanates is 1. The van der Waals surface area contributed by atoms with Crippen molar-refractivity contribution in [2.45, 2.75) is 0 Å². The second-order valence-corrected chi connectivity index (χ2v) is 2.95. The molecule has 1 aromatic rings. The smallest absolute Gasteiger partial charge is 0.240 e. The van der Waals surface area contributed by atoms with Gasteiger partial charge in [-0.3, -0.25) is 0 Å². The Bertz CT molecular complexity index is 368. The first-order chi connectivity index (χ1) is 6.69. The van der Waals surface area contributed by atoms with Crippen LogP contribution in [0.25, 0.3) is 0 Å². The fourth-order valence-electron chi connectivity index (χ4n) is 1.09. The minimum absolute atomic E-state index is 0.494. The van der Waals surface area contributed by atoms with Crippen molar-refractivity contribution in [3.8, 4) is 5.75 Å². The summed E-state index contributed by atoms with van der Waals surface area (Å²) in [5.41, 5.74) is 1.49. The summed E-state index contributed by atoms with van der Waals surface area (Å²) < 4.78 is 5.09. The lowest BCUT2D eigenvalue weighted by Crippen LogP contribution is -2.08. The minimum Gasteiger partial charge on any atom is -0.494 e. The first-order valence-electron chi connectivity index (χ1n) is 4.12. The molecule has 0 fully saturated rings. The number of ether oxygens (including phenoxy) is 1. The zero-order valence-electron chi connectivity index (χ0n) is 8.44. The molecule has 0 aliphatic carbocycles. The van der Waals surface area contributed by atoms with Gasteiger partial charge in [-0.15, -0.1) is 0 Å². The average molecular weight is 192 g/mol. The molecule has 0 saturated heterocycles. The van der Waals surface area contributed by atoms with Gasteiger partial charge in [0.2, 0.25) is 6.08 Å². The van der Waals surface area contributed by atoms with Crippen LogP contribution in [-0.4, -0.2) is 27.3 Å². The van der Waals surface area contributed by atoms with Gasteiger partial charge in [-0.2, -0.15) is 4.99 Å². The van der Waals surface area contributed by atoms with E-state index in [1.165, 1.54) is 6.08 Å². The standard InChI is InChI=1S/C10H12N2O2/c1-12(2)8-4-5-9(11-7-13)10(6-8)14-3/h4-6H,1-3H3. The van der Waals surface area contributed by atoms with E-state index in [9.17, 15) is 4.79 Å². The maximum Gasteiger partial charge on any atom is 0.240 e. The van der Waals surface area contributed by atoms with E-state index in [1.807, 2.05) is 31.1 Å². The number of hydrogen-bond acceptors (Lipinski definition) is 4. The van der Waals surface area contributed by atoms with Crippen LogP contribution in [0.15, 0.2) is 23.2 Å². The second kappa shape index (κ2) is 4.44. The van der Waals surface area contributed by atoms with Gasteiger partial charge in [-0.05, 0) is 12.1 Å². The van der Waals surface area contributed by atoms with Crippen molar-refractivity contribution in [3.63, 3.8) is 0 Å². The fourth-order valence-corrected chi connectivity index (χ4v) is 1.09. The topological polar surface area (TPSA) is 41.9 Å². The van der Waals surface area contributed by atoms with Crippen molar-refractivity contribution in [2.24, 2.45) is 4.99 Å². The number of benzene rings is 1. The molecule has 0 unspecified atom stereocenters. The molecule has 0 aromatic heterocycles. The molecular weight excluding hydrogens is 180 g/mol. The van der Waals surface area contributed by atoms with Gasteiger partial charge in [0, 0.05) is 25.8 Å². The summed E-state index contributed by atoms with van der Waals surface area (Å²) in [6.07, 6.45) is 1.49. The number of aliphatic imine (C=N–C) groups is 1. The number of hydrogen-bond donors (Lipinski definition) is 0. The molecule has 14 heavy (non-hydrogen) atoms. The number of carbonyl (C=O) groups excluding carboxylic acids is 1. The SMILES string of the molecule is COc1cc(N(C)C)ccc1N=C=O. The monoisotopic (exact) mass is 192 g/mol. The Labute approximate surface area is 82.8 Å². The predicted octanol–water partition coefficient (Wildman–Crippen LogP) is 1.73. The maximum absolute atomic E-state index is 10.1. The molecule has 0 bridgehead atoms. The number of anilines is 1. The van der Waals surface area contributed by atoms with Crippen molar-refractivity contribution in [1.82, 2.24) is 0 Å². The second-order valence-electron chi connectivity index (χ2n) is 2.95. The summed E-state index contributed by atoms with van der Waals surface area (Å²) in [6.45, 7) is 0. The summed E-state index contributed by atoms with van der Waals surface area (Å²) in [7, 11) is 5.40. The third-order valence-corrected chi connectivity index (χ3v) is 1.85. The van der Waals surface area contributed by atoms with Gasteiger partial charge >= 0.3 is 0 Å². The lowest BCUT2D eigenvalue weighted by atomic mass is 10.2. The molecule has 74 valence electrons. The lowest BCUT2D eigenvalue weighted by molar-refractivity contribution is 0.416. The van der Waals surface area contributed by atoms with Crippen molar-refractivity contribution in [3.05, 3.63) is 18.2 Å². The van der Waals surface area contributed by atoms with Gasteiger partial charge in [0.05, 0.1) is 7.11 Å². The van der Waals surface area contributed by atoms with Crippen LogP contribution in [-0.2, 0) is 4.79 Å². The first-order valence-corrected chi connectivity index (χ1v) is 4.12. The Balaban J connectivity index is 3.17. The normalized spacial score (nSPS) is 9.07. The van der Waals surface area contributed by atoms with E-state index in [4.69, 9.17) is 4.74 Å². The van der Waals surface area contributed by atoms with Crippen molar-refractivity contribution < 1.29 is 9.53 Å². The Morgan fingerprint density at radius 1 is 1.43 bits per heavy atom. The highest BCUT2D eigenvalue weighted by Gasteiger charge is 2.04. The molecule has 4 heteroatoms. The van der Waals surface area contributed by atoms with E-state index < -0.39 is 0 Å². The van der Waals surface area contributed by atoms with E-state index >= 15 is 0 Å². The minimum atomic E-state index is 0.494. The van der Waals surface area contributed by atoms with E-state index in [-0.39, 0.29) is 0 Å². The maximum atomic E-state index is 10.1. The quantitative estimate of drug-likeness (QED) is 0.541. The van der Waals surface area contributed by atoms with Crippen LogP contribution < -0.4 is 9.64 Å². The molecule has 0 N–H and O–H groups in total. The Morgan fingerprint density at radius 3 is 2.64 bits per heavy atom. The Morgan fingerprint density at radius 2 is 2.14 bits per heavy atom. The Kier molecular flexibility index (Phi) is 3.26. The van der Waals surface area contributed by atoms with Crippen molar-refractivity contribution in [1.29, 1.82) is 0 Å². The van der Waals surface area contributed by atoms with Gasteiger partial charge in [-0.25, -0.2) is 4.79 Å². The van der Waals surface area contributed by atoms with E-state index in [1.54, 1.807) is 13.2 Å². The number of methoxy groups -OCH3 is 1. The van der Waals surface area contributed by atoms with E-state index in [0.29, 0.717) is 11.4 Å². The molecule has 4 nitrogen and oxygen atoms in total. The van der Waals surface area contributed by atoms with Crippen LogP contribution in [0.4, 0.5) is 11.4 Å². The van der Waals surface area contributed by atoms with Crippen LogP contribution in [0.3, 0.4) is 0 Å². The van der Waals surface area contributed by atoms with Crippen LogP contribution in [0.2, 0.25) is 0 Å². The molecular formula is C10H12N2O2. The van der Waals surface area contributed by atoms with Gasteiger partial charge in [0.25, 0.3) is 0 Å². The molecule has 0 heterocycles. The van der Waals surface area contributed by atoms with Crippen LogP contribution in [0.1, 0.15) is 0 Å². The zero-order chi connectivity index (χ0) is 10.6. The van der Waals surface area contributed by atoms with Gasteiger partial charge < -0.3 is 9.64 Å². The largest absolute Gasteiger partial charge is 0.494 e. The molecule has 0 aliphatic heterocycles. The number of nitrogens with zero attached hydrogens (tertiary/aromatic N) is 2. The molecule has 0 amide bonds. The van der Waals surface area contributed by atoms with Crippen LogP contribution >= 0.6 is 0 Å². The molecule has 1 aromatic carbocycles.